The molecule has 1 aromatic heterocycles. The van der Waals surface area contributed by atoms with Gasteiger partial charge in [0, 0.05) is 50.1 Å². The number of methoxy groups -OCH3 is 1. The highest BCUT2D eigenvalue weighted by Crippen LogP contribution is 2.42. The molecule has 3 aromatic rings. The number of fused-ring (bicyclic) bond motifs is 1. The largest absolute Gasteiger partial charge is 0.497 e. The van der Waals surface area contributed by atoms with Crippen LogP contribution in [0.5, 0.6) is 5.75 Å². The third-order valence-corrected chi connectivity index (χ3v) is 6.88. The number of rotatable bonds is 5. The van der Waals surface area contributed by atoms with Gasteiger partial charge in [0.1, 0.15) is 5.75 Å². The molecule has 2 fully saturated rings. The van der Waals surface area contributed by atoms with Crippen LogP contribution in [0.25, 0.3) is 10.2 Å². The number of aromatic nitrogens is 1. The summed E-state index contributed by atoms with van der Waals surface area (Å²) in [6.07, 6.45) is 1.29. The van der Waals surface area contributed by atoms with Crippen LogP contribution in [-0.4, -0.2) is 49.1 Å². The molecular weight excluding hydrogens is 370 g/mol. The Bertz CT molecular complexity index is 967. The average molecular weight is 394 g/mol. The van der Waals surface area contributed by atoms with Gasteiger partial charge in [-0.3, -0.25) is 4.79 Å². The van der Waals surface area contributed by atoms with Gasteiger partial charge in [-0.2, -0.15) is 0 Å². The smallest absolute Gasteiger partial charge is 0.223 e. The van der Waals surface area contributed by atoms with Crippen molar-refractivity contribution in [2.45, 2.75) is 12.8 Å². The first-order valence-corrected chi connectivity index (χ1v) is 10.5. The molecule has 0 N–H and O–H groups in total. The normalized spacial score (nSPS) is 17.5. The van der Waals surface area contributed by atoms with Crippen LogP contribution >= 0.6 is 11.3 Å². The molecule has 144 valence electrons. The summed E-state index contributed by atoms with van der Waals surface area (Å²) in [6, 6.07) is 16.4. The van der Waals surface area contributed by atoms with Crippen molar-refractivity contribution in [1.29, 1.82) is 0 Å². The highest BCUT2D eigenvalue weighted by Gasteiger charge is 2.52. The zero-order valence-electron chi connectivity index (χ0n) is 15.9. The lowest BCUT2D eigenvalue weighted by Crippen LogP contribution is -2.73. The van der Waals surface area contributed by atoms with E-state index in [-0.39, 0.29) is 5.91 Å². The molecule has 0 unspecified atom stereocenters. The standard InChI is InChI=1S/C22H23N3O2S/c1-27-17-8-6-16(7-9-17)24-12-22(13-24)14-25(15-22)21(26)11-10-20-23-18-4-2-3-5-19(18)28-20/h2-9H,10-15H2,1H3. The van der Waals surface area contributed by atoms with E-state index >= 15 is 0 Å². The van der Waals surface area contributed by atoms with E-state index in [0.717, 1.165) is 48.9 Å². The minimum atomic E-state index is 0.257. The van der Waals surface area contributed by atoms with Crippen molar-refractivity contribution in [2.75, 3.05) is 38.2 Å². The summed E-state index contributed by atoms with van der Waals surface area (Å²) < 4.78 is 6.42. The maximum absolute atomic E-state index is 12.5. The Kier molecular flexibility index (Phi) is 4.23. The lowest BCUT2D eigenvalue weighted by atomic mass is 9.72. The van der Waals surface area contributed by atoms with E-state index in [4.69, 9.17) is 4.74 Å². The second-order valence-corrected chi connectivity index (χ2v) is 8.99. The van der Waals surface area contributed by atoms with E-state index in [0.29, 0.717) is 11.8 Å². The van der Waals surface area contributed by atoms with E-state index in [9.17, 15) is 4.79 Å². The number of para-hydroxylation sites is 1. The first-order valence-electron chi connectivity index (χ1n) is 9.65. The minimum Gasteiger partial charge on any atom is -0.497 e. The number of likely N-dealkylation sites (tertiary alicyclic amines) is 1. The van der Waals surface area contributed by atoms with Crippen molar-refractivity contribution in [2.24, 2.45) is 5.41 Å². The highest BCUT2D eigenvalue weighted by molar-refractivity contribution is 7.18. The van der Waals surface area contributed by atoms with E-state index in [2.05, 4.69) is 28.1 Å². The lowest BCUT2D eigenvalue weighted by molar-refractivity contribution is -0.145. The Labute approximate surface area is 168 Å². The third-order valence-electron chi connectivity index (χ3n) is 5.79. The van der Waals surface area contributed by atoms with Crippen LogP contribution in [0.4, 0.5) is 5.69 Å². The van der Waals surface area contributed by atoms with Gasteiger partial charge in [-0.15, -0.1) is 11.3 Å². The van der Waals surface area contributed by atoms with E-state index in [1.807, 2.05) is 35.2 Å². The second kappa shape index (κ2) is 6.78. The van der Waals surface area contributed by atoms with Crippen molar-refractivity contribution in [3.05, 3.63) is 53.5 Å². The number of hydrogen-bond donors (Lipinski definition) is 0. The molecule has 3 heterocycles. The predicted molar refractivity (Wildman–Crippen MR) is 112 cm³/mol. The van der Waals surface area contributed by atoms with Crippen molar-refractivity contribution in [3.63, 3.8) is 0 Å². The zero-order valence-corrected chi connectivity index (χ0v) is 16.7. The Balaban J connectivity index is 1.10. The van der Waals surface area contributed by atoms with Crippen LogP contribution < -0.4 is 9.64 Å². The number of anilines is 1. The summed E-state index contributed by atoms with van der Waals surface area (Å²) in [7, 11) is 1.68. The van der Waals surface area contributed by atoms with E-state index < -0.39 is 0 Å². The van der Waals surface area contributed by atoms with E-state index in [1.54, 1.807) is 18.4 Å². The molecule has 0 radical (unpaired) electrons. The Hall–Kier alpha value is -2.60. The quantitative estimate of drug-likeness (QED) is 0.665. The number of thiazole rings is 1. The van der Waals surface area contributed by atoms with E-state index in [1.165, 1.54) is 10.4 Å². The molecule has 1 spiro atoms. The van der Waals surface area contributed by atoms with Crippen molar-refractivity contribution in [1.82, 2.24) is 9.88 Å². The van der Waals surface area contributed by atoms with Crippen molar-refractivity contribution in [3.8, 4) is 5.75 Å². The molecule has 28 heavy (non-hydrogen) atoms. The van der Waals surface area contributed by atoms with Gasteiger partial charge in [-0.05, 0) is 36.4 Å². The maximum Gasteiger partial charge on any atom is 0.223 e. The number of aryl methyl sites for hydroxylation is 1. The monoisotopic (exact) mass is 393 g/mol. The SMILES string of the molecule is COc1ccc(N2CC3(CN(C(=O)CCc4nc5ccccc5s4)C3)C2)cc1. The van der Waals surface area contributed by atoms with Gasteiger partial charge in [0.2, 0.25) is 5.91 Å². The fourth-order valence-corrected chi connectivity index (χ4v) is 5.24. The molecule has 6 heteroatoms. The number of hydrogen-bond acceptors (Lipinski definition) is 5. The molecule has 2 saturated heterocycles. The first kappa shape index (κ1) is 17.5. The topological polar surface area (TPSA) is 45.7 Å². The van der Waals surface area contributed by atoms with Crippen LogP contribution in [0.1, 0.15) is 11.4 Å². The van der Waals surface area contributed by atoms with Crippen LogP contribution in [0.3, 0.4) is 0 Å². The highest BCUT2D eigenvalue weighted by atomic mass is 32.1. The van der Waals surface area contributed by atoms with Gasteiger partial charge in [-0.25, -0.2) is 4.98 Å². The third kappa shape index (κ3) is 3.11. The predicted octanol–water partition coefficient (Wildman–Crippen LogP) is 3.59. The molecule has 5 rings (SSSR count). The summed E-state index contributed by atoms with van der Waals surface area (Å²) in [5.41, 5.74) is 2.56. The number of amides is 1. The Morgan fingerprint density at radius 3 is 2.57 bits per heavy atom. The zero-order chi connectivity index (χ0) is 19.1. The van der Waals surface area contributed by atoms with Crippen LogP contribution in [0.2, 0.25) is 0 Å². The number of carbonyl (C=O) groups excluding carboxylic acids is 1. The molecule has 2 aromatic carbocycles. The molecule has 2 aliphatic rings. The van der Waals surface area contributed by atoms with Gasteiger partial charge in [0.15, 0.2) is 0 Å². The average Bonchev–Trinajstić information content (AvgIpc) is 3.07. The van der Waals surface area contributed by atoms with Crippen molar-refractivity contribution >= 4 is 33.1 Å². The molecule has 0 bridgehead atoms. The second-order valence-electron chi connectivity index (χ2n) is 7.88. The Morgan fingerprint density at radius 1 is 1.11 bits per heavy atom. The van der Waals surface area contributed by atoms with Gasteiger partial charge in [0.05, 0.1) is 22.3 Å². The van der Waals surface area contributed by atoms with Crippen LogP contribution in [-0.2, 0) is 11.2 Å². The molecule has 2 aliphatic heterocycles. The van der Waals surface area contributed by atoms with Crippen LogP contribution in [0.15, 0.2) is 48.5 Å². The fourth-order valence-electron chi connectivity index (χ4n) is 4.28. The number of nitrogens with zero attached hydrogens (tertiary/aromatic N) is 3. The minimum absolute atomic E-state index is 0.257. The maximum atomic E-state index is 12.5. The van der Waals surface area contributed by atoms with Gasteiger partial charge >= 0.3 is 0 Å². The summed E-state index contributed by atoms with van der Waals surface area (Å²) in [5, 5.41) is 1.05. The van der Waals surface area contributed by atoms with Gasteiger partial charge < -0.3 is 14.5 Å². The molecule has 0 saturated carbocycles. The molecule has 0 aliphatic carbocycles. The summed E-state index contributed by atoms with van der Waals surface area (Å²) in [4.78, 5) is 21.6. The lowest BCUT2D eigenvalue weighted by Gasteiger charge is -2.61. The summed E-state index contributed by atoms with van der Waals surface area (Å²) in [5.74, 6) is 1.14. The molecular formula is C22H23N3O2S. The van der Waals surface area contributed by atoms with Crippen molar-refractivity contribution < 1.29 is 9.53 Å². The molecule has 5 nitrogen and oxygen atoms in total. The van der Waals surface area contributed by atoms with Gasteiger partial charge in [0.25, 0.3) is 0 Å². The van der Waals surface area contributed by atoms with Gasteiger partial charge in [-0.1, -0.05) is 12.1 Å². The number of benzene rings is 2. The summed E-state index contributed by atoms with van der Waals surface area (Å²) in [6.45, 7) is 3.83. The summed E-state index contributed by atoms with van der Waals surface area (Å²) >= 11 is 1.70. The molecule has 0 atom stereocenters. The fraction of sp³-hybridized carbons (Fsp3) is 0.364. The molecule has 1 amide bonds. The van der Waals surface area contributed by atoms with Crippen LogP contribution in [0, 0.1) is 5.41 Å². The first-order chi connectivity index (χ1) is 13.6. The number of carbonyl (C=O) groups is 1. The Morgan fingerprint density at radius 2 is 1.86 bits per heavy atom. The number of ether oxygens (including phenoxy) is 1.